The molecule has 0 saturated carbocycles. The molecular weight excluding hydrogens is 437 g/mol. The van der Waals surface area contributed by atoms with Gasteiger partial charge in [0, 0.05) is 17.9 Å². The Bertz CT molecular complexity index is 330. The van der Waals surface area contributed by atoms with E-state index in [4.69, 9.17) is 0 Å². The predicted molar refractivity (Wildman–Crippen MR) is 101 cm³/mol. The number of hydrogen-bond donors (Lipinski definition) is 0. The Hall–Kier alpha value is -0.486. The van der Waals surface area contributed by atoms with Crippen LogP contribution in [0.4, 0.5) is 0 Å². The van der Waals surface area contributed by atoms with Crippen molar-refractivity contribution in [2.45, 2.75) is 99.3 Å². The van der Waals surface area contributed by atoms with Gasteiger partial charge in [-0.25, -0.2) is 0 Å². The van der Waals surface area contributed by atoms with Crippen molar-refractivity contribution in [3.63, 3.8) is 0 Å². The van der Waals surface area contributed by atoms with Gasteiger partial charge in [0.25, 0.3) is 0 Å². The zero-order valence-corrected chi connectivity index (χ0v) is 21.5. The fourth-order valence-corrected chi connectivity index (χ4v) is 1.88. The summed E-state index contributed by atoms with van der Waals surface area (Å²) in [6.07, 6.45) is 8.35. The molecule has 0 aliphatic heterocycles. The monoisotopic (exact) mass is 476 g/mol. The third-order valence-electron chi connectivity index (χ3n) is 4.18. The number of carboxylic acids is 3. The summed E-state index contributed by atoms with van der Waals surface area (Å²) in [6.45, 7) is 11.2. The minimum Gasteiger partial charge on any atom is -0.550 e. The molecule has 0 saturated heterocycles. The normalized spacial score (nSPS) is 12.6. The summed E-state index contributed by atoms with van der Waals surface area (Å²) >= 11 is 0. The van der Waals surface area contributed by atoms with E-state index < -0.39 is 17.9 Å². The van der Waals surface area contributed by atoms with Gasteiger partial charge in [-0.15, -0.1) is 0 Å². The second-order valence-corrected chi connectivity index (χ2v) is 7.09. The number of carbonyl (C=O) groups excluding carboxylic acids is 3. The third kappa shape index (κ3) is 27.7. The molecule has 162 valence electrons. The van der Waals surface area contributed by atoms with Crippen LogP contribution in [0.3, 0.4) is 0 Å². The number of hydrogen-bond acceptors (Lipinski definition) is 6. The molecule has 3 unspecified atom stereocenters. The molecule has 3 atom stereocenters. The Kier molecular flexibility index (Phi) is 30.7. The third-order valence-corrected chi connectivity index (χ3v) is 4.18. The van der Waals surface area contributed by atoms with Crippen LogP contribution in [0, 0.1) is 17.8 Å². The van der Waals surface area contributed by atoms with Crippen molar-refractivity contribution >= 4 is 17.9 Å². The van der Waals surface area contributed by atoms with Crippen LogP contribution in [0.2, 0.25) is 0 Å². The molecule has 0 rings (SSSR count). The Balaban J connectivity index is -0.000000152. The van der Waals surface area contributed by atoms with E-state index in [2.05, 4.69) is 0 Å². The Morgan fingerprint density at radius 3 is 0.857 bits per heavy atom. The van der Waals surface area contributed by atoms with Gasteiger partial charge in [-0.1, -0.05) is 80.1 Å². The fraction of sp³-hybridized carbons (Fsp3) is 0.857. The van der Waals surface area contributed by atoms with E-state index in [-0.39, 0.29) is 50.5 Å². The van der Waals surface area contributed by atoms with Gasteiger partial charge in [-0.2, -0.15) is 0 Å². The van der Waals surface area contributed by atoms with Gasteiger partial charge in [0.2, 0.25) is 0 Å². The van der Waals surface area contributed by atoms with Gasteiger partial charge < -0.3 is 29.7 Å². The summed E-state index contributed by atoms with van der Waals surface area (Å²) in [5.41, 5.74) is 0. The average molecular weight is 476 g/mol. The molecule has 0 fully saturated rings. The van der Waals surface area contributed by atoms with E-state index in [1.165, 1.54) is 0 Å². The second-order valence-electron chi connectivity index (χ2n) is 7.09. The van der Waals surface area contributed by atoms with E-state index in [9.17, 15) is 29.7 Å². The van der Waals surface area contributed by atoms with Crippen LogP contribution in [0.25, 0.3) is 0 Å². The van der Waals surface area contributed by atoms with E-state index in [0.29, 0.717) is 0 Å². The van der Waals surface area contributed by atoms with Crippen molar-refractivity contribution in [2.24, 2.45) is 17.8 Å². The Morgan fingerprint density at radius 2 is 0.750 bits per heavy atom. The molecule has 0 aromatic heterocycles. The minimum atomic E-state index is -0.927. The quantitative estimate of drug-likeness (QED) is 0.423. The van der Waals surface area contributed by atoms with Crippen molar-refractivity contribution in [1.29, 1.82) is 0 Å². The first kappa shape index (κ1) is 35.0. The average Bonchev–Trinajstić information content (AvgIpc) is 2.62. The summed E-state index contributed by atoms with van der Waals surface area (Å²) in [4.78, 5) is 30.3. The molecule has 0 spiro atoms. The standard InChI is InChI=1S/3C7H14O2.Y/c3*1-3-4-5-6(2)7(8)9;/h3*6H,3-5H2,1-2H3,(H,8,9);/q;;;+3/p-3. The maximum Gasteiger partial charge on any atom is 3.00 e. The summed E-state index contributed by atoms with van der Waals surface area (Å²) in [7, 11) is 0. The topological polar surface area (TPSA) is 120 Å². The number of carbonyl (C=O) groups is 3. The van der Waals surface area contributed by atoms with Crippen LogP contribution < -0.4 is 15.3 Å². The summed E-state index contributed by atoms with van der Waals surface area (Å²) in [5.74, 6) is -3.60. The first-order valence-corrected chi connectivity index (χ1v) is 10.2. The molecular formula is C21H39O6Y. The van der Waals surface area contributed by atoms with Crippen LogP contribution >= 0.6 is 0 Å². The van der Waals surface area contributed by atoms with E-state index in [0.717, 1.165) is 57.8 Å². The maximum absolute atomic E-state index is 10.1. The number of rotatable bonds is 12. The summed E-state index contributed by atoms with van der Waals surface area (Å²) < 4.78 is 0. The molecule has 28 heavy (non-hydrogen) atoms. The van der Waals surface area contributed by atoms with E-state index in [1.807, 2.05) is 20.8 Å². The summed E-state index contributed by atoms with van der Waals surface area (Å²) in [6, 6.07) is 0. The predicted octanol–water partition coefficient (Wildman–Crippen LogP) is 1.69. The van der Waals surface area contributed by atoms with Crippen molar-refractivity contribution < 1.29 is 62.4 Å². The maximum atomic E-state index is 10.1. The zero-order chi connectivity index (χ0) is 21.8. The fourth-order valence-electron chi connectivity index (χ4n) is 1.88. The van der Waals surface area contributed by atoms with Crippen molar-refractivity contribution in [3.8, 4) is 0 Å². The number of unbranched alkanes of at least 4 members (excludes halogenated alkanes) is 3. The van der Waals surface area contributed by atoms with Crippen molar-refractivity contribution in [2.75, 3.05) is 0 Å². The zero-order valence-electron chi connectivity index (χ0n) is 18.6. The molecule has 7 heteroatoms. The molecule has 6 nitrogen and oxygen atoms in total. The van der Waals surface area contributed by atoms with Gasteiger partial charge in [0.05, 0.1) is 0 Å². The largest absolute Gasteiger partial charge is 3.00 e. The van der Waals surface area contributed by atoms with Crippen LogP contribution in [0.5, 0.6) is 0 Å². The van der Waals surface area contributed by atoms with Crippen LogP contribution in [0.15, 0.2) is 0 Å². The van der Waals surface area contributed by atoms with Gasteiger partial charge in [0.1, 0.15) is 0 Å². The first-order valence-electron chi connectivity index (χ1n) is 10.2. The minimum absolute atomic E-state index is 0. The van der Waals surface area contributed by atoms with Crippen molar-refractivity contribution in [1.82, 2.24) is 0 Å². The van der Waals surface area contributed by atoms with Gasteiger partial charge in [-0.3, -0.25) is 0 Å². The van der Waals surface area contributed by atoms with Crippen LogP contribution in [-0.2, 0) is 47.1 Å². The second kappa shape index (κ2) is 24.6. The Labute approximate surface area is 196 Å². The molecule has 0 N–H and O–H groups in total. The molecule has 0 aromatic rings. The van der Waals surface area contributed by atoms with Gasteiger partial charge in [-0.05, 0) is 37.0 Å². The smallest absolute Gasteiger partial charge is 0.550 e. The Morgan fingerprint density at radius 1 is 0.571 bits per heavy atom. The SMILES string of the molecule is CCCCC(C)C(=O)[O-].CCCCC(C)C(=O)[O-].CCCCC(C)C(=O)[O-].[Y+3]. The molecule has 0 aromatic carbocycles. The molecule has 0 heterocycles. The van der Waals surface area contributed by atoms with Crippen molar-refractivity contribution in [3.05, 3.63) is 0 Å². The van der Waals surface area contributed by atoms with Crippen LogP contribution in [-0.4, -0.2) is 17.9 Å². The summed E-state index contributed by atoms with van der Waals surface area (Å²) in [5, 5.41) is 30.3. The molecule has 0 aliphatic rings. The van der Waals surface area contributed by atoms with Gasteiger partial charge in [0.15, 0.2) is 0 Å². The molecule has 0 amide bonds. The molecule has 0 radical (unpaired) electrons. The number of aliphatic carboxylic acids is 3. The molecule has 0 bridgehead atoms. The van der Waals surface area contributed by atoms with Gasteiger partial charge >= 0.3 is 32.7 Å². The van der Waals surface area contributed by atoms with Crippen LogP contribution in [0.1, 0.15) is 99.3 Å². The van der Waals surface area contributed by atoms with E-state index >= 15 is 0 Å². The molecule has 0 aliphatic carbocycles. The first-order chi connectivity index (χ1) is 12.5. The van der Waals surface area contributed by atoms with E-state index in [1.54, 1.807) is 20.8 Å². The number of carboxylic acid groups (broad SMARTS) is 3.